The third-order valence-electron chi connectivity index (χ3n) is 7.25. The Kier molecular flexibility index (Phi) is 6.35. The highest BCUT2D eigenvalue weighted by Gasteiger charge is 2.36. The van der Waals surface area contributed by atoms with Crippen molar-refractivity contribution >= 4 is 17.3 Å². The van der Waals surface area contributed by atoms with Crippen LogP contribution in [0.1, 0.15) is 41.6 Å². The minimum Gasteiger partial charge on any atom is -0.397 e. The maximum Gasteiger partial charge on any atom is 0.255 e. The maximum absolute atomic E-state index is 13.2. The Morgan fingerprint density at radius 2 is 1.68 bits per heavy atom. The zero-order chi connectivity index (χ0) is 23.5. The largest absolute Gasteiger partial charge is 0.397 e. The van der Waals surface area contributed by atoms with Crippen LogP contribution in [0.25, 0.3) is 11.1 Å². The molecule has 0 atom stereocenters. The Bertz CT molecular complexity index is 1140. The van der Waals surface area contributed by atoms with E-state index in [1.54, 1.807) is 18.2 Å². The normalized spacial score (nSPS) is 17.7. The highest BCUT2D eigenvalue weighted by molar-refractivity contribution is 6.06. The van der Waals surface area contributed by atoms with Crippen LogP contribution in [0.2, 0.25) is 0 Å². The predicted molar refractivity (Wildman–Crippen MR) is 135 cm³/mol. The first-order valence-electron chi connectivity index (χ1n) is 12.0. The molecule has 1 spiro atoms. The van der Waals surface area contributed by atoms with E-state index in [4.69, 9.17) is 5.73 Å². The van der Waals surface area contributed by atoms with Crippen molar-refractivity contribution in [2.45, 2.75) is 37.8 Å². The molecular formula is C28H31FN4O. The first-order valence-corrected chi connectivity index (χ1v) is 12.0. The molecule has 2 aliphatic rings. The van der Waals surface area contributed by atoms with E-state index in [0.29, 0.717) is 22.5 Å². The molecular weight excluding hydrogens is 427 g/mol. The predicted octanol–water partition coefficient (Wildman–Crippen LogP) is 5.05. The SMILES string of the molecule is Nc1ccc(-c2ccc(F)cc2)cc1NC(=O)c1ccc(CN2CCC3(CCCN3)CC2)cc1. The first-order chi connectivity index (χ1) is 16.5. The van der Waals surface area contributed by atoms with Crippen molar-refractivity contribution in [1.29, 1.82) is 0 Å². The van der Waals surface area contributed by atoms with Crippen LogP contribution < -0.4 is 16.4 Å². The molecule has 5 nitrogen and oxygen atoms in total. The van der Waals surface area contributed by atoms with Gasteiger partial charge in [0, 0.05) is 30.7 Å². The van der Waals surface area contributed by atoms with Gasteiger partial charge in [-0.15, -0.1) is 0 Å². The van der Waals surface area contributed by atoms with Gasteiger partial charge in [-0.2, -0.15) is 0 Å². The van der Waals surface area contributed by atoms with E-state index < -0.39 is 0 Å². The summed E-state index contributed by atoms with van der Waals surface area (Å²) >= 11 is 0. The quantitative estimate of drug-likeness (QED) is 0.468. The van der Waals surface area contributed by atoms with Crippen molar-refractivity contribution < 1.29 is 9.18 Å². The second-order valence-electron chi connectivity index (χ2n) is 9.55. The summed E-state index contributed by atoms with van der Waals surface area (Å²) in [7, 11) is 0. The number of nitrogens with one attached hydrogen (secondary N) is 2. The zero-order valence-electron chi connectivity index (χ0n) is 19.3. The number of rotatable bonds is 5. The highest BCUT2D eigenvalue weighted by atomic mass is 19.1. The van der Waals surface area contributed by atoms with Crippen molar-refractivity contribution in [3.05, 3.63) is 83.7 Å². The Hall–Kier alpha value is -3.22. The number of carbonyl (C=O) groups is 1. The molecule has 0 saturated carbocycles. The lowest BCUT2D eigenvalue weighted by atomic mass is 9.86. The molecule has 0 radical (unpaired) electrons. The van der Waals surface area contributed by atoms with Crippen LogP contribution in [0.3, 0.4) is 0 Å². The number of benzene rings is 3. The Morgan fingerprint density at radius 1 is 0.971 bits per heavy atom. The first kappa shape index (κ1) is 22.6. The molecule has 3 aromatic rings. The minimum atomic E-state index is -0.286. The van der Waals surface area contributed by atoms with E-state index in [1.807, 2.05) is 36.4 Å². The Balaban J connectivity index is 1.21. The Morgan fingerprint density at radius 3 is 2.35 bits per heavy atom. The highest BCUT2D eigenvalue weighted by Crippen LogP contribution is 2.31. The number of hydrogen-bond acceptors (Lipinski definition) is 4. The molecule has 2 fully saturated rings. The van der Waals surface area contributed by atoms with Crippen LogP contribution in [-0.4, -0.2) is 36.0 Å². The van der Waals surface area contributed by atoms with E-state index in [2.05, 4.69) is 15.5 Å². The minimum absolute atomic E-state index is 0.207. The summed E-state index contributed by atoms with van der Waals surface area (Å²) < 4.78 is 13.2. The standard InChI is InChI=1S/C28H31FN4O/c29-24-9-6-21(7-10-24)23-8-11-25(30)26(18-23)32-27(34)22-4-2-20(3-5-22)19-33-16-13-28(14-17-33)12-1-15-31-28/h2-11,18,31H,1,12-17,19,30H2,(H,32,34). The van der Waals surface area contributed by atoms with E-state index in [9.17, 15) is 9.18 Å². The number of piperidine rings is 1. The van der Waals surface area contributed by atoms with Crippen molar-refractivity contribution in [2.75, 3.05) is 30.7 Å². The van der Waals surface area contributed by atoms with Gasteiger partial charge < -0.3 is 16.4 Å². The molecule has 2 saturated heterocycles. The summed E-state index contributed by atoms with van der Waals surface area (Å²) in [6.45, 7) is 4.29. The molecule has 34 heavy (non-hydrogen) atoms. The fourth-order valence-electron chi connectivity index (χ4n) is 5.14. The topological polar surface area (TPSA) is 70.4 Å². The number of likely N-dealkylation sites (tertiary alicyclic amines) is 1. The molecule has 176 valence electrons. The summed E-state index contributed by atoms with van der Waals surface area (Å²) in [6, 6.07) is 19.5. The van der Waals surface area contributed by atoms with Crippen LogP contribution in [0.5, 0.6) is 0 Å². The summed E-state index contributed by atoms with van der Waals surface area (Å²) in [4.78, 5) is 15.4. The van der Waals surface area contributed by atoms with Gasteiger partial charge in [-0.1, -0.05) is 30.3 Å². The Labute approximate surface area is 200 Å². The van der Waals surface area contributed by atoms with Crippen LogP contribution in [0, 0.1) is 5.82 Å². The summed E-state index contributed by atoms with van der Waals surface area (Å²) in [5.41, 5.74) is 11.0. The van der Waals surface area contributed by atoms with Gasteiger partial charge >= 0.3 is 0 Å². The molecule has 0 aliphatic carbocycles. The fourth-order valence-corrected chi connectivity index (χ4v) is 5.14. The number of hydrogen-bond donors (Lipinski definition) is 3. The lowest BCUT2D eigenvalue weighted by Gasteiger charge is -2.39. The average Bonchev–Trinajstić information content (AvgIpc) is 3.31. The molecule has 2 aliphatic heterocycles. The maximum atomic E-state index is 13.2. The second-order valence-corrected chi connectivity index (χ2v) is 9.55. The van der Waals surface area contributed by atoms with Gasteiger partial charge in [0.2, 0.25) is 0 Å². The van der Waals surface area contributed by atoms with Gasteiger partial charge in [0.15, 0.2) is 0 Å². The van der Waals surface area contributed by atoms with Gasteiger partial charge in [0.05, 0.1) is 11.4 Å². The molecule has 2 heterocycles. The third kappa shape index (κ3) is 4.98. The molecule has 6 heteroatoms. The molecule has 4 N–H and O–H groups in total. The van der Waals surface area contributed by atoms with Crippen LogP contribution in [0.4, 0.5) is 15.8 Å². The molecule has 1 amide bonds. The van der Waals surface area contributed by atoms with Crippen LogP contribution >= 0.6 is 0 Å². The average molecular weight is 459 g/mol. The monoisotopic (exact) mass is 458 g/mol. The van der Waals surface area contributed by atoms with Crippen molar-refractivity contribution in [3.8, 4) is 11.1 Å². The molecule has 0 aromatic heterocycles. The van der Waals surface area contributed by atoms with Crippen molar-refractivity contribution in [3.63, 3.8) is 0 Å². The lowest BCUT2D eigenvalue weighted by molar-refractivity contribution is 0.102. The number of amides is 1. The summed E-state index contributed by atoms with van der Waals surface area (Å²) in [5, 5.41) is 6.64. The van der Waals surface area contributed by atoms with E-state index in [0.717, 1.165) is 37.3 Å². The number of nitrogen functional groups attached to an aromatic ring is 1. The van der Waals surface area contributed by atoms with Gasteiger partial charge in [-0.3, -0.25) is 9.69 Å². The van der Waals surface area contributed by atoms with Gasteiger partial charge in [0.1, 0.15) is 5.82 Å². The molecule has 3 aromatic carbocycles. The van der Waals surface area contributed by atoms with E-state index >= 15 is 0 Å². The lowest BCUT2D eigenvalue weighted by Crippen LogP contribution is -2.49. The fraction of sp³-hybridized carbons (Fsp3) is 0.321. The molecule has 0 bridgehead atoms. The third-order valence-corrected chi connectivity index (χ3v) is 7.25. The van der Waals surface area contributed by atoms with Gasteiger partial charge in [-0.25, -0.2) is 4.39 Å². The second kappa shape index (κ2) is 9.57. The summed E-state index contributed by atoms with van der Waals surface area (Å²) in [5.74, 6) is -0.493. The molecule has 5 rings (SSSR count). The van der Waals surface area contributed by atoms with Crippen molar-refractivity contribution in [2.24, 2.45) is 0 Å². The number of carbonyl (C=O) groups excluding carboxylic acids is 1. The number of anilines is 2. The zero-order valence-corrected chi connectivity index (χ0v) is 19.3. The number of halogens is 1. The molecule has 0 unspecified atom stereocenters. The van der Waals surface area contributed by atoms with E-state index in [1.165, 1.54) is 43.4 Å². The van der Waals surface area contributed by atoms with Crippen molar-refractivity contribution in [1.82, 2.24) is 10.2 Å². The number of nitrogens with zero attached hydrogens (tertiary/aromatic N) is 1. The number of nitrogens with two attached hydrogens (primary N) is 1. The van der Waals surface area contributed by atoms with E-state index in [-0.39, 0.29) is 11.7 Å². The van der Waals surface area contributed by atoms with Crippen LogP contribution in [0.15, 0.2) is 66.7 Å². The van der Waals surface area contributed by atoms with Gasteiger partial charge in [0.25, 0.3) is 5.91 Å². The van der Waals surface area contributed by atoms with Gasteiger partial charge in [-0.05, 0) is 85.3 Å². The summed E-state index contributed by atoms with van der Waals surface area (Å²) in [6.07, 6.45) is 5.03. The smallest absolute Gasteiger partial charge is 0.255 e. The van der Waals surface area contributed by atoms with Crippen LogP contribution in [-0.2, 0) is 6.54 Å².